The van der Waals surface area contributed by atoms with Gasteiger partial charge in [0.25, 0.3) is 0 Å². The maximum Gasteiger partial charge on any atom is 0.213 e. The van der Waals surface area contributed by atoms with Crippen LogP contribution in [0.25, 0.3) is 0 Å². The van der Waals surface area contributed by atoms with E-state index in [0.29, 0.717) is 5.92 Å². The summed E-state index contributed by atoms with van der Waals surface area (Å²) in [5.74, 6) is 0.593. The molecule has 68 valence electrons. The van der Waals surface area contributed by atoms with Crippen LogP contribution in [0.5, 0.6) is 0 Å². The predicted molar refractivity (Wildman–Crippen MR) is 52.7 cm³/mol. The molecule has 0 aromatic heterocycles. The van der Waals surface area contributed by atoms with Crippen molar-refractivity contribution in [2.75, 3.05) is 0 Å². The fourth-order valence-corrected chi connectivity index (χ4v) is 1.37. The highest BCUT2D eigenvalue weighted by molar-refractivity contribution is 5.31. The molecular weight excluding hydrogens is 160 g/mol. The van der Waals surface area contributed by atoms with E-state index in [4.69, 9.17) is 0 Å². The van der Waals surface area contributed by atoms with Gasteiger partial charge in [0.05, 0.1) is 0 Å². The molecule has 0 radical (unpaired) electrons. The van der Waals surface area contributed by atoms with Gasteiger partial charge in [-0.1, -0.05) is 38.1 Å². The first-order valence-corrected chi connectivity index (χ1v) is 4.66. The molecule has 1 aliphatic heterocycles. The summed E-state index contributed by atoms with van der Waals surface area (Å²) in [6.07, 6.45) is 0. The lowest BCUT2D eigenvalue weighted by atomic mass is 9.98. The second-order valence-electron chi connectivity index (χ2n) is 4.00. The first kappa shape index (κ1) is 8.42. The first-order valence-electron chi connectivity index (χ1n) is 4.66. The Morgan fingerprint density at radius 2 is 1.62 bits per heavy atom. The molecular formula is C11H14N2. The fourth-order valence-electron chi connectivity index (χ4n) is 1.37. The normalized spacial score (nSPS) is 17.8. The summed E-state index contributed by atoms with van der Waals surface area (Å²) in [5, 5.41) is 8.01. The third kappa shape index (κ3) is 1.48. The summed E-state index contributed by atoms with van der Waals surface area (Å²) in [5.41, 5.74) is 2.33. The Balaban J connectivity index is 2.24. The van der Waals surface area contributed by atoms with Crippen LogP contribution in [0.15, 0.2) is 34.5 Å². The lowest BCUT2D eigenvalue weighted by Gasteiger charge is -2.08. The molecule has 2 rings (SSSR count). The maximum absolute atomic E-state index is 4.00. The Morgan fingerprint density at radius 1 is 1.08 bits per heavy atom. The molecule has 0 fully saturated rings. The van der Waals surface area contributed by atoms with Crippen LogP contribution < -0.4 is 0 Å². The molecule has 1 aliphatic rings. The molecule has 0 spiro atoms. The average Bonchev–Trinajstić information content (AvgIpc) is 2.85. The Labute approximate surface area is 78.7 Å². The Kier molecular flexibility index (Phi) is 1.72. The van der Waals surface area contributed by atoms with Crippen LogP contribution in [-0.2, 0) is 5.66 Å². The second kappa shape index (κ2) is 2.66. The molecule has 1 heterocycles. The summed E-state index contributed by atoms with van der Waals surface area (Å²) >= 11 is 0. The molecule has 0 saturated heterocycles. The van der Waals surface area contributed by atoms with Gasteiger partial charge in [-0.15, -0.1) is 0 Å². The molecule has 0 amide bonds. The van der Waals surface area contributed by atoms with E-state index < -0.39 is 0 Å². The molecule has 13 heavy (non-hydrogen) atoms. The molecule has 0 bridgehead atoms. The van der Waals surface area contributed by atoms with Gasteiger partial charge in [0, 0.05) is 5.56 Å². The molecule has 0 unspecified atom stereocenters. The smallest absolute Gasteiger partial charge is 0.154 e. The summed E-state index contributed by atoms with van der Waals surface area (Å²) in [6.45, 7) is 6.42. The van der Waals surface area contributed by atoms with Gasteiger partial charge in [0.15, 0.2) is 0 Å². The van der Waals surface area contributed by atoms with Crippen LogP contribution >= 0.6 is 0 Å². The van der Waals surface area contributed by atoms with Crippen LogP contribution in [0.4, 0.5) is 0 Å². The quantitative estimate of drug-likeness (QED) is 0.656. The fraction of sp³-hybridized carbons (Fsp3) is 0.455. The Hall–Kier alpha value is -1.18. The highest BCUT2D eigenvalue weighted by Crippen LogP contribution is 2.38. The van der Waals surface area contributed by atoms with E-state index in [9.17, 15) is 0 Å². The minimum Gasteiger partial charge on any atom is -0.154 e. The molecule has 2 heteroatoms. The molecule has 0 aliphatic carbocycles. The minimum absolute atomic E-state index is 0.227. The zero-order valence-electron chi connectivity index (χ0n) is 8.28. The lowest BCUT2D eigenvalue weighted by Crippen LogP contribution is -2.01. The van der Waals surface area contributed by atoms with Gasteiger partial charge in [-0.25, -0.2) is 0 Å². The van der Waals surface area contributed by atoms with Crippen molar-refractivity contribution in [1.82, 2.24) is 0 Å². The van der Waals surface area contributed by atoms with Crippen molar-refractivity contribution in [3.05, 3.63) is 35.4 Å². The van der Waals surface area contributed by atoms with Gasteiger partial charge >= 0.3 is 0 Å². The van der Waals surface area contributed by atoms with Crippen molar-refractivity contribution in [3.8, 4) is 0 Å². The second-order valence-corrected chi connectivity index (χ2v) is 4.00. The Morgan fingerprint density at radius 3 is 2.00 bits per heavy atom. The Bertz CT molecular complexity index is 330. The zero-order chi connectivity index (χ0) is 9.47. The third-order valence-electron chi connectivity index (χ3n) is 2.52. The molecule has 1 aromatic rings. The average molecular weight is 174 g/mol. The van der Waals surface area contributed by atoms with Crippen molar-refractivity contribution >= 4 is 0 Å². The first-order chi connectivity index (χ1) is 6.12. The van der Waals surface area contributed by atoms with Crippen LogP contribution in [-0.4, -0.2) is 0 Å². The molecule has 0 N–H and O–H groups in total. The van der Waals surface area contributed by atoms with E-state index in [0.717, 1.165) is 0 Å². The van der Waals surface area contributed by atoms with E-state index in [-0.39, 0.29) is 5.66 Å². The SMILES string of the molecule is CC(C)c1ccc(C2(C)N=N2)cc1. The number of rotatable bonds is 2. The van der Waals surface area contributed by atoms with Gasteiger partial charge in [-0.2, -0.15) is 10.2 Å². The summed E-state index contributed by atoms with van der Waals surface area (Å²) in [7, 11) is 0. The summed E-state index contributed by atoms with van der Waals surface area (Å²) < 4.78 is 0. The highest BCUT2D eigenvalue weighted by atomic mass is 15.4. The van der Waals surface area contributed by atoms with Crippen molar-refractivity contribution in [2.24, 2.45) is 10.2 Å². The van der Waals surface area contributed by atoms with E-state index >= 15 is 0 Å². The van der Waals surface area contributed by atoms with Crippen molar-refractivity contribution in [2.45, 2.75) is 32.4 Å². The van der Waals surface area contributed by atoms with Crippen LogP contribution in [0.2, 0.25) is 0 Å². The molecule has 0 atom stereocenters. The lowest BCUT2D eigenvalue weighted by molar-refractivity contribution is 0.727. The number of hydrogen-bond donors (Lipinski definition) is 0. The zero-order valence-corrected chi connectivity index (χ0v) is 8.28. The molecule has 2 nitrogen and oxygen atoms in total. The topological polar surface area (TPSA) is 24.7 Å². The van der Waals surface area contributed by atoms with E-state index in [2.05, 4.69) is 48.3 Å². The number of benzene rings is 1. The number of hydrogen-bond acceptors (Lipinski definition) is 2. The minimum atomic E-state index is -0.227. The van der Waals surface area contributed by atoms with Crippen LogP contribution in [0.1, 0.15) is 37.8 Å². The molecule has 0 saturated carbocycles. The van der Waals surface area contributed by atoms with E-state index in [1.807, 2.05) is 6.92 Å². The third-order valence-corrected chi connectivity index (χ3v) is 2.52. The van der Waals surface area contributed by atoms with Gasteiger partial charge in [0.1, 0.15) is 0 Å². The highest BCUT2D eigenvalue weighted by Gasteiger charge is 2.35. The summed E-state index contributed by atoms with van der Waals surface area (Å²) in [4.78, 5) is 0. The van der Waals surface area contributed by atoms with Gasteiger partial charge < -0.3 is 0 Å². The van der Waals surface area contributed by atoms with Gasteiger partial charge in [0.2, 0.25) is 5.66 Å². The van der Waals surface area contributed by atoms with Crippen molar-refractivity contribution in [3.63, 3.8) is 0 Å². The van der Waals surface area contributed by atoms with Crippen LogP contribution in [0.3, 0.4) is 0 Å². The van der Waals surface area contributed by atoms with Gasteiger partial charge in [-0.3, -0.25) is 0 Å². The monoisotopic (exact) mass is 174 g/mol. The van der Waals surface area contributed by atoms with Crippen molar-refractivity contribution in [1.29, 1.82) is 0 Å². The number of nitrogens with zero attached hydrogens (tertiary/aromatic N) is 2. The largest absolute Gasteiger partial charge is 0.213 e. The van der Waals surface area contributed by atoms with Crippen LogP contribution in [0, 0.1) is 0 Å². The van der Waals surface area contributed by atoms with Crippen molar-refractivity contribution < 1.29 is 0 Å². The van der Waals surface area contributed by atoms with Gasteiger partial charge in [-0.05, 0) is 18.4 Å². The predicted octanol–water partition coefficient (Wildman–Crippen LogP) is 3.45. The molecule has 1 aromatic carbocycles. The maximum atomic E-state index is 4.00. The van der Waals surface area contributed by atoms with E-state index in [1.165, 1.54) is 11.1 Å². The van der Waals surface area contributed by atoms with E-state index in [1.54, 1.807) is 0 Å². The summed E-state index contributed by atoms with van der Waals surface area (Å²) in [6, 6.07) is 8.56. The standard InChI is InChI=1S/C11H14N2/c1-8(2)9-4-6-10(7-5-9)11(3)12-13-11/h4-8H,1-3H3.